The molecule has 2 unspecified atom stereocenters. The summed E-state index contributed by atoms with van der Waals surface area (Å²) in [6.45, 7) is 2.27. The monoisotopic (exact) mass is 419 g/mol. The van der Waals surface area contributed by atoms with E-state index in [2.05, 4.69) is 6.92 Å². The fraction of sp³-hybridized carbons (Fsp3) is 0.885. The van der Waals surface area contributed by atoms with Gasteiger partial charge in [0.15, 0.2) is 0 Å². The van der Waals surface area contributed by atoms with Crippen molar-refractivity contribution in [1.82, 2.24) is 4.90 Å². The van der Waals surface area contributed by atoms with Crippen LogP contribution in [0.3, 0.4) is 0 Å². The van der Waals surface area contributed by atoms with Gasteiger partial charge in [-0.15, -0.1) is 0 Å². The number of nitrogens with zero attached hydrogens (tertiary/aromatic N) is 1. The Balaban J connectivity index is 1.42. The lowest BCUT2D eigenvalue weighted by Gasteiger charge is -2.19. The maximum absolute atomic E-state index is 12.4. The number of amides is 3. The number of imide groups is 3. The molecule has 1 aliphatic carbocycles. The first kappa shape index (κ1) is 25.1. The molecule has 2 atom stereocenters. The number of carbonyl (C=O) groups excluding carboxylic acids is 3. The van der Waals surface area contributed by atoms with Crippen LogP contribution in [0.1, 0.15) is 135 Å². The van der Waals surface area contributed by atoms with Gasteiger partial charge in [0.25, 0.3) is 0 Å². The van der Waals surface area contributed by atoms with Crippen molar-refractivity contribution < 1.29 is 14.4 Å². The van der Waals surface area contributed by atoms with Crippen LogP contribution >= 0.6 is 0 Å². The molecule has 172 valence electrons. The van der Waals surface area contributed by atoms with Crippen LogP contribution in [0.4, 0.5) is 0 Å². The SMILES string of the molecule is CCCCCCCCCCCCCCCCCC(=O)N1C(=O)C2CCCCC2C1=O. The predicted molar refractivity (Wildman–Crippen MR) is 122 cm³/mol. The first-order valence-corrected chi connectivity index (χ1v) is 13.1. The van der Waals surface area contributed by atoms with E-state index in [1.54, 1.807) is 0 Å². The van der Waals surface area contributed by atoms with Gasteiger partial charge in [-0.25, -0.2) is 4.90 Å². The molecule has 1 saturated heterocycles. The van der Waals surface area contributed by atoms with Gasteiger partial charge in [0.2, 0.25) is 17.7 Å². The van der Waals surface area contributed by atoms with Crippen LogP contribution < -0.4 is 0 Å². The summed E-state index contributed by atoms with van der Waals surface area (Å²) in [6, 6.07) is 0. The second-order valence-corrected chi connectivity index (χ2v) is 9.60. The van der Waals surface area contributed by atoms with Gasteiger partial charge in [-0.1, -0.05) is 110 Å². The molecule has 0 aromatic carbocycles. The number of fused-ring (bicyclic) bond motifs is 1. The number of unbranched alkanes of at least 4 members (excludes halogenated alkanes) is 14. The summed E-state index contributed by atoms with van der Waals surface area (Å²) in [7, 11) is 0. The minimum atomic E-state index is -0.255. The quantitative estimate of drug-likeness (QED) is 0.201. The summed E-state index contributed by atoms with van der Waals surface area (Å²) in [4.78, 5) is 38.3. The molecular formula is C26H45NO3. The van der Waals surface area contributed by atoms with Gasteiger partial charge in [0.1, 0.15) is 0 Å². The molecule has 2 aliphatic rings. The number of hydrogen-bond donors (Lipinski definition) is 0. The number of likely N-dealkylation sites (tertiary alicyclic amines) is 1. The molecule has 0 N–H and O–H groups in total. The van der Waals surface area contributed by atoms with Crippen molar-refractivity contribution in [2.45, 2.75) is 135 Å². The van der Waals surface area contributed by atoms with E-state index >= 15 is 0 Å². The van der Waals surface area contributed by atoms with Gasteiger partial charge in [0.05, 0.1) is 11.8 Å². The van der Waals surface area contributed by atoms with Gasteiger partial charge >= 0.3 is 0 Å². The summed E-state index contributed by atoms with van der Waals surface area (Å²) in [6.07, 6.45) is 23.2. The van der Waals surface area contributed by atoms with Gasteiger partial charge in [-0.3, -0.25) is 14.4 Å². The Bertz CT molecular complexity index is 506. The summed E-state index contributed by atoms with van der Waals surface area (Å²) in [5, 5.41) is 0. The van der Waals surface area contributed by atoms with E-state index in [9.17, 15) is 14.4 Å². The normalized spacial score (nSPS) is 21.3. The maximum atomic E-state index is 12.4. The highest BCUT2D eigenvalue weighted by atomic mass is 16.2. The van der Waals surface area contributed by atoms with Crippen molar-refractivity contribution in [3.63, 3.8) is 0 Å². The first-order valence-electron chi connectivity index (χ1n) is 13.1. The van der Waals surface area contributed by atoms with Crippen molar-refractivity contribution in [3.05, 3.63) is 0 Å². The largest absolute Gasteiger partial charge is 0.274 e. The topological polar surface area (TPSA) is 54.5 Å². The van der Waals surface area contributed by atoms with E-state index in [0.29, 0.717) is 6.42 Å². The van der Waals surface area contributed by atoms with E-state index in [4.69, 9.17) is 0 Å². The third-order valence-corrected chi connectivity index (χ3v) is 7.08. The summed E-state index contributed by atoms with van der Waals surface area (Å²) in [5.74, 6) is -1.10. The molecule has 2 fully saturated rings. The van der Waals surface area contributed by atoms with Gasteiger partial charge in [0, 0.05) is 6.42 Å². The van der Waals surface area contributed by atoms with E-state index in [1.807, 2.05) is 0 Å². The molecular weight excluding hydrogens is 374 g/mol. The fourth-order valence-corrected chi connectivity index (χ4v) is 5.17. The summed E-state index contributed by atoms with van der Waals surface area (Å²) >= 11 is 0. The van der Waals surface area contributed by atoms with Crippen LogP contribution in [0.15, 0.2) is 0 Å². The second kappa shape index (κ2) is 14.8. The maximum Gasteiger partial charge on any atom is 0.239 e. The molecule has 0 bridgehead atoms. The molecule has 4 heteroatoms. The molecule has 30 heavy (non-hydrogen) atoms. The van der Waals surface area contributed by atoms with E-state index in [1.165, 1.54) is 77.0 Å². The highest BCUT2D eigenvalue weighted by molar-refractivity contribution is 6.17. The first-order chi connectivity index (χ1) is 14.7. The van der Waals surface area contributed by atoms with Crippen molar-refractivity contribution in [2.75, 3.05) is 0 Å². The van der Waals surface area contributed by atoms with Crippen molar-refractivity contribution in [2.24, 2.45) is 11.8 Å². The average molecular weight is 420 g/mol. The van der Waals surface area contributed by atoms with E-state index in [-0.39, 0.29) is 29.6 Å². The fourth-order valence-electron chi connectivity index (χ4n) is 5.17. The van der Waals surface area contributed by atoms with Crippen LogP contribution in [0.2, 0.25) is 0 Å². The van der Waals surface area contributed by atoms with Crippen molar-refractivity contribution in [1.29, 1.82) is 0 Å². The highest BCUT2D eigenvalue weighted by Gasteiger charge is 2.50. The molecule has 0 spiro atoms. The minimum Gasteiger partial charge on any atom is -0.274 e. The molecule has 0 aromatic rings. The highest BCUT2D eigenvalue weighted by Crippen LogP contribution is 2.38. The van der Waals surface area contributed by atoms with Crippen LogP contribution in [0.25, 0.3) is 0 Å². The molecule has 4 nitrogen and oxygen atoms in total. The van der Waals surface area contributed by atoms with Crippen molar-refractivity contribution >= 4 is 17.7 Å². The zero-order valence-electron chi connectivity index (χ0n) is 19.5. The van der Waals surface area contributed by atoms with E-state index in [0.717, 1.165) is 49.8 Å². The Morgan fingerprint density at radius 3 is 1.43 bits per heavy atom. The zero-order valence-corrected chi connectivity index (χ0v) is 19.5. The third kappa shape index (κ3) is 8.15. The predicted octanol–water partition coefficient (Wildman–Crippen LogP) is 6.95. The van der Waals surface area contributed by atoms with Gasteiger partial charge in [-0.2, -0.15) is 0 Å². The Morgan fingerprint density at radius 1 is 0.667 bits per heavy atom. The van der Waals surface area contributed by atoms with Crippen molar-refractivity contribution in [3.8, 4) is 0 Å². The van der Waals surface area contributed by atoms with Crippen LogP contribution in [-0.2, 0) is 14.4 Å². The van der Waals surface area contributed by atoms with Crippen LogP contribution in [0.5, 0.6) is 0 Å². The average Bonchev–Trinajstić information content (AvgIpc) is 3.01. The minimum absolute atomic E-state index is 0.212. The standard InChI is InChI=1S/C26H45NO3/c1-2-3-4-5-6-7-8-9-10-11-12-13-14-15-16-21-24(28)27-25(29)22-19-17-18-20-23(22)26(27)30/h22-23H,2-21H2,1H3. The third-order valence-electron chi connectivity index (χ3n) is 7.08. The molecule has 0 radical (unpaired) electrons. The number of carbonyl (C=O) groups is 3. The smallest absolute Gasteiger partial charge is 0.239 e. The Kier molecular flexibility index (Phi) is 12.3. The number of rotatable bonds is 16. The Hall–Kier alpha value is -1.19. The molecule has 0 aromatic heterocycles. The van der Waals surface area contributed by atoms with E-state index < -0.39 is 0 Å². The molecule has 1 saturated carbocycles. The lowest BCUT2D eigenvalue weighted by Crippen LogP contribution is -2.37. The molecule has 1 heterocycles. The number of hydrogen-bond acceptors (Lipinski definition) is 3. The second-order valence-electron chi connectivity index (χ2n) is 9.60. The summed E-state index contributed by atoms with van der Waals surface area (Å²) < 4.78 is 0. The zero-order chi connectivity index (χ0) is 21.6. The molecule has 2 rings (SSSR count). The van der Waals surface area contributed by atoms with Gasteiger partial charge < -0.3 is 0 Å². The van der Waals surface area contributed by atoms with Crippen LogP contribution in [-0.4, -0.2) is 22.6 Å². The van der Waals surface area contributed by atoms with Crippen LogP contribution in [0, 0.1) is 11.8 Å². The summed E-state index contributed by atoms with van der Waals surface area (Å²) in [5.41, 5.74) is 0. The Morgan fingerprint density at radius 2 is 1.03 bits per heavy atom. The Labute approximate surface area is 184 Å². The lowest BCUT2D eigenvalue weighted by atomic mass is 9.81. The molecule has 3 amide bonds. The lowest BCUT2D eigenvalue weighted by molar-refractivity contribution is -0.150. The van der Waals surface area contributed by atoms with Gasteiger partial charge in [-0.05, 0) is 19.3 Å². The molecule has 1 aliphatic heterocycles.